The highest BCUT2D eigenvalue weighted by Gasteiger charge is 2.40. The zero-order valence-electron chi connectivity index (χ0n) is 15.7. The quantitative estimate of drug-likeness (QED) is 0.792. The van der Waals surface area contributed by atoms with Crippen molar-refractivity contribution in [2.75, 3.05) is 13.1 Å². The van der Waals surface area contributed by atoms with E-state index in [0.29, 0.717) is 10.6 Å². The van der Waals surface area contributed by atoms with Crippen molar-refractivity contribution >= 4 is 29.4 Å². The first-order valence-electron chi connectivity index (χ1n) is 8.77. The van der Waals surface area contributed by atoms with E-state index in [-0.39, 0.29) is 31.7 Å². The van der Waals surface area contributed by atoms with Crippen LogP contribution in [0.2, 0.25) is 5.02 Å². The van der Waals surface area contributed by atoms with Crippen LogP contribution in [0, 0.1) is 0 Å². The van der Waals surface area contributed by atoms with Crippen LogP contribution in [0.25, 0.3) is 0 Å². The third-order valence-corrected chi connectivity index (χ3v) is 4.38. The predicted molar refractivity (Wildman–Crippen MR) is 101 cm³/mol. The van der Waals surface area contributed by atoms with Gasteiger partial charge in [0.05, 0.1) is 19.2 Å². The number of Topliss-reactive ketones (excluding diaryl/α,β-unsaturated/α-hetero) is 1. The van der Waals surface area contributed by atoms with Crippen molar-refractivity contribution in [3.05, 3.63) is 34.9 Å². The van der Waals surface area contributed by atoms with Crippen LogP contribution in [0.3, 0.4) is 0 Å². The minimum absolute atomic E-state index is 0.0145. The molecule has 1 aromatic carbocycles. The summed E-state index contributed by atoms with van der Waals surface area (Å²) in [6.45, 7) is 5.00. The van der Waals surface area contributed by atoms with Crippen LogP contribution in [-0.2, 0) is 20.7 Å². The zero-order chi connectivity index (χ0) is 20.2. The summed E-state index contributed by atoms with van der Waals surface area (Å²) in [7, 11) is 0. The van der Waals surface area contributed by atoms with Gasteiger partial charge in [0, 0.05) is 17.9 Å². The molecule has 1 aliphatic rings. The number of aliphatic hydroxyl groups excluding tert-OH is 1. The number of carbonyl (C=O) groups excluding carboxylic acids is 3. The highest BCUT2D eigenvalue weighted by Crippen LogP contribution is 2.21. The van der Waals surface area contributed by atoms with Crippen molar-refractivity contribution in [1.82, 2.24) is 10.2 Å². The Balaban J connectivity index is 1.92. The van der Waals surface area contributed by atoms with Gasteiger partial charge < -0.3 is 15.2 Å². The number of ketones is 1. The van der Waals surface area contributed by atoms with Crippen molar-refractivity contribution in [3.8, 4) is 0 Å². The fourth-order valence-electron chi connectivity index (χ4n) is 2.80. The number of β-amino-alcohol motifs (C(OH)–C–C–N with tert-alkyl or cyclic N) is 1. The molecule has 0 bridgehead atoms. The molecular weight excluding hydrogens is 372 g/mol. The molecule has 7 nitrogen and oxygen atoms in total. The number of nitrogens with zero attached hydrogens (tertiary/aromatic N) is 1. The van der Waals surface area contributed by atoms with Gasteiger partial charge in [-0.15, -0.1) is 0 Å². The summed E-state index contributed by atoms with van der Waals surface area (Å²) in [5.74, 6) is -0.705. The predicted octanol–water partition coefficient (Wildman–Crippen LogP) is 1.94. The topological polar surface area (TPSA) is 95.9 Å². The van der Waals surface area contributed by atoms with E-state index in [9.17, 15) is 19.5 Å². The number of rotatable bonds is 5. The van der Waals surface area contributed by atoms with Crippen LogP contribution in [0.5, 0.6) is 0 Å². The number of hydrogen-bond acceptors (Lipinski definition) is 5. The number of amides is 2. The molecule has 1 saturated heterocycles. The molecule has 2 N–H and O–H groups in total. The lowest BCUT2D eigenvalue weighted by molar-refractivity contribution is -0.128. The summed E-state index contributed by atoms with van der Waals surface area (Å²) in [5, 5.41) is 12.9. The summed E-state index contributed by atoms with van der Waals surface area (Å²) in [6, 6.07) is 6.13. The minimum atomic E-state index is -0.872. The Morgan fingerprint density at radius 3 is 2.59 bits per heavy atom. The van der Waals surface area contributed by atoms with Gasteiger partial charge in [-0.3, -0.25) is 14.5 Å². The van der Waals surface area contributed by atoms with Crippen LogP contribution >= 0.6 is 11.6 Å². The number of carbonyl (C=O) groups is 3. The van der Waals surface area contributed by atoms with Crippen LogP contribution in [0.1, 0.15) is 32.8 Å². The number of hydrogen-bond donors (Lipinski definition) is 2. The molecular formula is C19H25ClN2O5. The summed E-state index contributed by atoms with van der Waals surface area (Å²) in [5.41, 5.74) is -0.0265. The van der Waals surface area contributed by atoms with Crippen molar-refractivity contribution in [3.63, 3.8) is 0 Å². The van der Waals surface area contributed by atoms with E-state index in [1.165, 1.54) is 4.90 Å². The number of benzene rings is 1. The molecule has 1 heterocycles. The Kier molecular flexibility index (Phi) is 6.84. The normalized spacial score (nSPS) is 19.7. The van der Waals surface area contributed by atoms with Gasteiger partial charge in [-0.1, -0.05) is 29.8 Å². The van der Waals surface area contributed by atoms with Gasteiger partial charge in [-0.05, 0) is 32.4 Å². The highest BCUT2D eigenvalue weighted by molar-refractivity contribution is 6.31. The van der Waals surface area contributed by atoms with E-state index in [1.807, 2.05) is 0 Å². The maximum absolute atomic E-state index is 12.4. The largest absolute Gasteiger partial charge is 0.444 e. The lowest BCUT2D eigenvalue weighted by Crippen LogP contribution is -2.48. The fraction of sp³-hybridized carbons (Fsp3) is 0.526. The van der Waals surface area contributed by atoms with Gasteiger partial charge in [-0.25, -0.2) is 4.79 Å². The smallest absolute Gasteiger partial charge is 0.411 e. The Hall–Kier alpha value is -2.12. The Labute approximate surface area is 163 Å². The lowest BCUT2D eigenvalue weighted by Gasteiger charge is -2.27. The molecule has 2 atom stereocenters. The molecule has 1 aromatic rings. The lowest BCUT2D eigenvalue weighted by atomic mass is 10.1. The van der Waals surface area contributed by atoms with Gasteiger partial charge in [0.15, 0.2) is 5.78 Å². The molecule has 27 heavy (non-hydrogen) atoms. The molecule has 8 heteroatoms. The van der Waals surface area contributed by atoms with Crippen LogP contribution in [0.15, 0.2) is 24.3 Å². The molecule has 1 fully saturated rings. The van der Waals surface area contributed by atoms with Gasteiger partial charge in [-0.2, -0.15) is 0 Å². The molecule has 2 amide bonds. The number of nitrogens with one attached hydrogen (secondary N) is 1. The second kappa shape index (κ2) is 8.71. The first kappa shape index (κ1) is 21.2. The van der Waals surface area contributed by atoms with Crippen molar-refractivity contribution in [1.29, 1.82) is 0 Å². The minimum Gasteiger partial charge on any atom is -0.444 e. The number of likely N-dealkylation sites (tertiary alicyclic amines) is 1. The Morgan fingerprint density at radius 2 is 1.96 bits per heavy atom. The molecule has 0 unspecified atom stereocenters. The first-order valence-corrected chi connectivity index (χ1v) is 9.15. The first-order chi connectivity index (χ1) is 12.6. The number of ether oxygens (including phenoxy) is 1. The summed E-state index contributed by atoms with van der Waals surface area (Å²) < 4.78 is 5.28. The third kappa shape index (κ3) is 6.22. The monoisotopic (exact) mass is 396 g/mol. The molecule has 148 valence electrons. The van der Waals surface area contributed by atoms with E-state index in [1.54, 1.807) is 45.0 Å². The number of aliphatic hydroxyl groups is 1. The molecule has 1 aliphatic heterocycles. The molecule has 2 rings (SSSR count). The van der Waals surface area contributed by atoms with Crippen LogP contribution in [-0.4, -0.2) is 58.6 Å². The van der Waals surface area contributed by atoms with Crippen molar-refractivity contribution < 1.29 is 24.2 Å². The highest BCUT2D eigenvalue weighted by atomic mass is 35.5. The number of halogens is 1. The van der Waals surface area contributed by atoms with Crippen molar-refractivity contribution in [2.24, 2.45) is 0 Å². The van der Waals surface area contributed by atoms with E-state index in [0.717, 1.165) is 0 Å². The molecule has 0 aliphatic carbocycles. The summed E-state index contributed by atoms with van der Waals surface area (Å²) in [4.78, 5) is 38.0. The standard InChI is InChI=1S/C19H25ClN2O5/c1-19(2,3)27-18(26)22-11-14(24)9-16(22)17(25)21-10-13(23)8-12-6-4-5-7-15(12)20/h4-7,14,16,24H,8-11H2,1-3H3,(H,21,25)/t14-,16+/m1/s1. The molecule has 0 aromatic heterocycles. The zero-order valence-corrected chi connectivity index (χ0v) is 16.5. The molecule has 0 saturated carbocycles. The SMILES string of the molecule is CC(C)(C)OC(=O)N1C[C@H](O)C[C@H]1C(=O)NCC(=O)Cc1ccccc1Cl. The van der Waals surface area contributed by atoms with E-state index in [2.05, 4.69) is 5.32 Å². The second-order valence-electron chi connectivity index (χ2n) is 7.56. The average Bonchev–Trinajstić information content (AvgIpc) is 2.95. The summed E-state index contributed by atoms with van der Waals surface area (Å²) in [6.07, 6.45) is -1.28. The third-order valence-electron chi connectivity index (χ3n) is 4.01. The van der Waals surface area contributed by atoms with E-state index >= 15 is 0 Å². The maximum Gasteiger partial charge on any atom is 0.411 e. The molecule has 0 radical (unpaired) electrons. The van der Waals surface area contributed by atoms with Crippen molar-refractivity contribution in [2.45, 2.75) is 51.4 Å². The van der Waals surface area contributed by atoms with Crippen LogP contribution < -0.4 is 5.32 Å². The average molecular weight is 397 g/mol. The Bertz CT molecular complexity index is 716. The maximum atomic E-state index is 12.4. The van der Waals surface area contributed by atoms with Gasteiger partial charge in [0.25, 0.3) is 0 Å². The molecule has 0 spiro atoms. The van der Waals surface area contributed by atoms with Gasteiger partial charge in [0.2, 0.25) is 5.91 Å². The summed E-state index contributed by atoms with van der Waals surface area (Å²) >= 11 is 6.03. The fourth-order valence-corrected chi connectivity index (χ4v) is 3.01. The van der Waals surface area contributed by atoms with E-state index < -0.39 is 29.7 Å². The van der Waals surface area contributed by atoms with Gasteiger partial charge in [0.1, 0.15) is 11.6 Å². The van der Waals surface area contributed by atoms with E-state index in [4.69, 9.17) is 16.3 Å². The second-order valence-corrected chi connectivity index (χ2v) is 7.97. The van der Waals surface area contributed by atoms with Crippen LogP contribution in [0.4, 0.5) is 4.79 Å². The van der Waals surface area contributed by atoms with Gasteiger partial charge >= 0.3 is 6.09 Å². The Morgan fingerprint density at radius 1 is 1.30 bits per heavy atom.